The van der Waals surface area contributed by atoms with Gasteiger partial charge in [0.2, 0.25) is 0 Å². The minimum atomic E-state index is -3.94. The smallest absolute Gasteiger partial charge is 0.338 e. The summed E-state index contributed by atoms with van der Waals surface area (Å²) in [5.41, 5.74) is 1.71. The van der Waals surface area contributed by atoms with Gasteiger partial charge in [0.15, 0.2) is 0 Å². The van der Waals surface area contributed by atoms with Crippen LogP contribution in [0.5, 0.6) is 0 Å². The summed E-state index contributed by atoms with van der Waals surface area (Å²) >= 11 is 0. The predicted molar refractivity (Wildman–Crippen MR) is 131 cm³/mol. The molecule has 0 radical (unpaired) electrons. The van der Waals surface area contributed by atoms with Crippen LogP contribution in [-0.4, -0.2) is 26.2 Å². The van der Waals surface area contributed by atoms with E-state index in [4.69, 9.17) is 4.74 Å². The number of benzene rings is 1. The van der Waals surface area contributed by atoms with Crippen molar-refractivity contribution in [2.75, 3.05) is 6.61 Å². The Bertz CT molecular complexity index is 704. The molecule has 0 bridgehead atoms. The second-order valence-electron chi connectivity index (χ2n) is 9.69. The quantitative estimate of drug-likeness (QED) is 0.304. The summed E-state index contributed by atoms with van der Waals surface area (Å²) in [7, 11) is -3.94. The van der Waals surface area contributed by atoms with E-state index in [1.165, 1.54) is 82.8 Å². The molecule has 32 heavy (non-hydrogen) atoms. The molecule has 0 unspecified atom stereocenters. The molecule has 3 N–H and O–H groups in total. The van der Waals surface area contributed by atoms with Crippen LogP contribution in [-0.2, 0) is 4.74 Å². The number of carbonyl (C=O) groups excluding carboxylic acids is 1. The Labute approximate surface area is 194 Å². The van der Waals surface area contributed by atoms with Crippen molar-refractivity contribution in [2.45, 2.75) is 94.8 Å². The van der Waals surface area contributed by atoms with Crippen LogP contribution >= 0.6 is 10.9 Å². The fourth-order valence-corrected chi connectivity index (χ4v) is 5.75. The molecule has 0 heterocycles. The number of carbonyl (C=O) groups is 1. The zero-order chi connectivity index (χ0) is 23.0. The van der Waals surface area contributed by atoms with E-state index in [2.05, 4.69) is 6.58 Å². The molecule has 2 saturated carbocycles. The average molecular weight is 465 g/mol. The monoisotopic (exact) mass is 464 g/mol. The molecule has 0 aliphatic heterocycles. The van der Waals surface area contributed by atoms with Crippen LogP contribution in [0.15, 0.2) is 29.7 Å². The third kappa shape index (κ3) is 7.91. The lowest BCUT2D eigenvalue weighted by molar-refractivity contribution is 0.0474. The fraction of sp³-hybridized carbons (Fsp3) is 0.654. The standard InChI is InChI=1S/C26H40O5S/c1-20(9-8-14-21-10-4-2-5-11-21)23-17-24(19-25(18-23)32(28,29)30)26(27)31-16-15-22-12-6-3-7-13-22/h17-19,21-22,28-30H,1-16H2. The Hall–Kier alpha value is -1.34. The first-order valence-electron chi connectivity index (χ1n) is 12.3. The minimum absolute atomic E-state index is 0.0670. The van der Waals surface area contributed by atoms with Gasteiger partial charge < -0.3 is 18.4 Å². The van der Waals surface area contributed by atoms with Gasteiger partial charge in [-0.1, -0.05) is 77.2 Å². The van der Waals surface area contributed by atoms with E-state index in [0.29, 0.717) is 18.1 Å². The summed E-state index contributed by atoms with van der Waals surface area (Å²) in [5.74, 6) is 0.913. The number of hydrogen-bond acceptors (Lipinski definition) is 5. The number of ether oxygens (including phenoxy) is 1. The molecule has 180 valence electrons. The third-order valence-electron chi connectivity index (χ3n) is 7.17. The van der Waals surface area contributed by atoms with Gasteiger partial charge >= 0.3 is 5.97 Å². The molecule has 0 aromatic heterocycles. The lowest BCUT2D eigenvalue weighted by Crippen LogP contribution is -2.13. The second kappa shape index (κ2) is 12.2. The summed E-state index contributed by atoms with van der Waals surface area (Å²) in [6.07, 6.45) is 16.6. The summed E-state index contributed by atoms with van der Waals surface area (Å²) in [5, 5.41) is 0. The van der Waals surface area contributed by atoms with Crippen molar-refractivity contribution in [3.8, 4) is 0 Å². The average Bonchev–Trinajstić information content (AvgIpc) is 2.79. The van der Waals surface area contributed by atoms with Crippen LogP contribution in [0, 0.1) is 11.8 Å². The summed E-state index contributed by atoms with van der Waals surface area (Å²) in [6, 6.07) is 4.54. The molecule has 2 fully saturated rings. The minimum Gasteiger partial charge on any atom is -0.462 e. The Kier molecular flexibility index (Phi) is 9.65. The van der Waals surface area contributed by atoms with E-state index < -0.39 is 16.8 Å². The van der Waals surface area contributed by atoms with Gasteiger partial charge in [0.25, 0.3) is 0 Å². The van der Waals surface area contributed by atoms with E-state index in [9.17, 15) is 18.5 Å². The number of hydrogen-bond donors (Lipinski definition) is 3. The molecule has 5 nitrogen and oxygen atoms in total. The van der Waals surface area contributed by atoms with E-state index >= 15 is 0 Å². The van der Waals surface area contributed by atoms with Gasteiger partial charge in [0.1, 0.15) is 10.9 Å². The van der Waals surface area contributed by atoms with E-state index in [1.54, 1.807) is 6.07 Å². The maximum Gasteiger partial charge on any atom is 0.338 e. The zero-order valence-corrected chi connectivity index (χ0v) is 20.1. The number of rotatable bonds is 10. The number of allylic oxidation sites excluding steroid dienone is 1. The molecule has 6 heteroatoms. The van der Waals surface area contributed by atoms with E-state index in [0.717, 1.165) is 30.8 Å². The van der Waals surface area contributed by atoms with Crippen molar-refractivity contribution < 1.29 is 23.2 Å². The first-order valence-corrected chi connectivity index (χ1v) is 13.8. The highest BCUT2D eigenvalue weighted by molar-refractivity contribution is 8.19. The van der Waals surface area contributed by atoms with Crippen molar-refractivity contribution in [3.63, 3.8) is 0 Å². The van der Waals surface area contributed by atoms with Crippen LogP contribution in [0.4, 0.5) is 0 Å². The molecule has 3 rings (SSSR count). The topological polar surface area (TPSA) is 87.0 Å². The van der Waals surface area contributed by atoms with Gasteiger partial charge in [0, 0.05) is 0 Å². The van der Waals surface area contributed by atoms with Crippen LogP contribution in [0.3, 0.4) is 0 Å². The van der Waals surface area contributed by atoms with Crippen LogP contribution < -0.4 is 0 Å². The molecular weight excluding hydrogens is 424 g/mol. The first kappa shape index (κ1) is 25.3. The molecule has 1 aromatic rings. The Morgan fingerprint density at radius 2 is 1.44 bits per heavy atom. The van der Waals surface area contributed by atoms with Crippen molar-refractivity contribution in [3.05, 3.63) is 35.9 Å². The largest absolute Gasteiger partial charge is 0.462 e. The van der Waals surface area contributed by atoms with Gasteiger partial charge in [-0.05, 0) is 60.4 Å². The summed E-state index contributed by atoms with van der Waals surface area (Å²) < 4.78 is 34.9. The molecule has 0 saturated heterocycles. The molecule has 0 spiro atoms. The maximum atomic E-state index is 12.7. The lowest BCUT2D eigenvalue weighted by Gasteiger charge is -2.23. The molecule has 2 aliphatic carbocycles. The summed E-state index contributed by atoms with van der Waals surface area (Å²) in [4.78, 5) is 12.6. The molecular formula is C26H40O5S. The van der Waals surface area contributed by atoms with Gasteiger partial charge in [-0.2, -0.15) is 0 Å². The highest BCUT2D eigenvalue weighted by atomic mass is 32.3. The summed E-state index contributed by atoms with van der Waals surface area (Å²) in [6.45, 7) is 4.53. The molecule has 0 atom stereocenters. The van der Waals surface area contributed by atoms with Crippen molar-refractivity contribution in [2.24, 2.45) is 11.8 Å². The SMILES string of the molecule is C=C(CCCC1CCCCC1)c1cc(C(=O)OCCC2CCCCC2)cc(S(O)(O)O)c1. The van der Waals surface area contributed by atoms with Crippen molar-refractivity contribution >= 4 is 22.4 Å². The Morgan fingerprint density at radius 1 is 0.875 bits per heavy atom. The van der Waals surface area contributed by atoms with Gasteiger partial charge in [-0.25, -0.2) is 4.79 Å². The van der Waals surface area contributed by atoms with E-state index in [-0.39, 0.29) is 10.5 Å². The van der Waals surface area contributed by atoms with Crippen molar-refractivity contribution in [1.29, 1.82) is 0 Å². The van der Waals surface area contributed by atoms with E-state index in [1.807, 2.05) is 0 Å². The highest BCUT2D eigenvalue weighted by Crippen LogP contribution is 2.45. The Morgan fingerprint density at radius 3 is 2.03 bits per heavy atom. The van der Waals surface area contributed by atoms with Gasteiger partial charge in [0.05, 0.1) is 17.1 Å². The fourth-order valence-electron chi connectivity index (χ4n) is 5.18. The molecule has 0 amide bonds. The van der Waals surface area contributed by atoms with Crippen LogP contribution in [0.2, 0.25) is 0 Å². The van der Waals surface area contributed by atoms with Crippen LogP contribution in [0.1, 0.15) is 106 Å². The Balaban J connectivity index is 1.60. The lowest BCUT2D eigenvalue weighted by atomic mass is 9.85. The molecule has 1 aromatic carbocycles. The normalized spacial score (nSPS) is 19.0. The van der Waals surface area contributed by atoms with Crippen LogP contribution in [0.25, 0.3) is 5.57 Å². The first-order chi connectivity index (χ1) is 15.3. The zero-order valence-electron chi connectivity index (χ0n) is 19.3. The highest BCUT2D eigenvalue weighted by Gasteiger charge is 2.22. The van der Waals surface area contributed by atoms with Crippen molar-refractivity contribution in [1.82, 2.24) is 0 Å². The maximum absolute atomic E-state index is 12.7. The third-order valence-corrected chi connectivity index (χ3v) is 8.03. The molecule has 2 aliphatic rings. The number of esters is 1. The second-order valence-corrected chi connectivity index (χ2v) is 11.2. The van der Waals surface area contributed by atoms with Gasteiger partial charge in [-0.3, -0.25) is 0 Å². The van der Waals surface area contributed by atoms with Gasteiger partial charge in [-0.15, -0.1) is 0 Å². The predicted octanol–water partition coefficient (Wildman–Crippen LogP) is 8.16.